The number of rotatable bonds is 1. The summed E-state index contributed by atoms with van der Waals surface area (Å²) in [7, 11) is 0. The summed E-state index contributed by atoms with van der Waals surface area (Å²) in [5, 5.41) is 0. The average molecular weight is 249 g/mol. The molecule has 2 N–H and O–H groups in total. The van der Waals surface area contributed by atoms with Gasteiger partial charge in [0, 0.05) is 31.9 Å². The first kappa shape index (κ1) is 14.4. The number of carbonyl (C=O) groups is 1. The van der Waals surface area contributed by atoms with Crippen LogP contribution in [0, 0.1) is 6.92 Å². The topological polar surface area (TPSA) is 49.6 Å². The quantitative estimate of drug-likeness (QED) is 0.829. The number of hydrogen-bond donors (Lipinski definition) is 1. The van der Waals surface area contributed by atoms with Crippen LogP contribution in [0.25, 0.3) is 0 Å². The largest absolute Gasteiger partial charge is 0.368 e. The standard InChI is InChI=1S/C12H17N3O.C2H6/c1-10-2-4-11(5-3-10)14-6-8-15(9-7-14)12(13)16;1-2/h2-5H,6-9H2,1H3,(H2,13,16);1-2H3. The van der Waals surface area contributed by atoms with Gasteiger partial charge >= 0.3 is 6.03 Å². The molecule has 18 heavy (non-hydrogen) atoms. The number of primary amides is 1. The summed E-state index contributed by atoms with van der Waals surface area (Å²) in [5.74, 6) is 0. The summed E-state index contributed by atoms with van der Waals surface area (Å²) in [6, 6.07) is 8.14. The molecular formula is C14H23N3O. The monoisotopic (exact) mass is 249 g/mol. The van der Waals surface area contributed by atoms with E-state index in [-0.39, 0.29) is 6.03 Å². The predicted molar refractivity (Wildman–Crippen MR) is 75.9 cm³/mol. The number of nitrogens with zero attached hydrogens (tertiary/aromatic N) is 2. The fraction of sp³-hybridized carbons (Fsp3) is 0.500. The highest BCUT2D eigenvalue weighted by molar-refractivity contribution is 5.72. The molecule has 1 saturated heterocycles. The van der Waals surface area contributed by atoms with Gasteiger partial charge < -0.3 is 15.5 Å². The minimum Gasteiger partial charge on any atom is -0.368 e. The molecule has 0 unspecified atom stereocenters. The Kier molecular flexibility index (Phi) is 5.49. The SMILES string of the molecule is CC.Cc1ccc(N2CCN(C(N)=O)CC2)cc1. The van der Waals surface area contributed by atoms with Crippen molar-refractivity contribution in [2.24, 2.45) is 5.73 Å². The van der Waals surface area contributed by atoms with Gasteiger partial charge in [-0.2, -0.15) is 0 Å². The number of urea groups is 1. The second-order valence-electron chi connectivity index (χ2n) is 4.15. The molecule has 4 nitrogen and oxygen atoms in total. The number of hydrogen-bond acceptors (Lipinski definition) is 2. The molecule has 0 bridgehead atoms. The molecule has 4 heteroatoms. The molecule has 0 aliphatic carbocycles. The van der Waals surface area contributed by atoms with Crippen LogP contribution >= 0.6 is 0 Å². The third-order valence-corrected chi connectivity index (χ3v) is 2.99. The van der Waals surface area contributed by atoms with E-state index >= 15 is 0 Å². The zero-order chi connectivity index (χ0) is 13.5. The Labute approximate surface area is 109 Å². The number of piperazine rings is 1. The van der Waals surface area contributed by atoms with Gasteiger partial charge in [-0.15, -0.1) is 0 Å². The molecule has 1 aliphatic heterocycles. The van der Waals surface area contributed by atoms with Crippen LogP contribution in [0.1, 0.15) is 19.4 Å². The molecule has 100 valence electrons. The van der Waals surface area contributed by atoms with Crippen molar-refractivity contribution < 1.29 is 4.79 Å². The molecule has 1 aromatic carbocycles. The molecule has 1 aromatic rings. The molecule has 0 atom stereocenters. The van der Waals surface area contributed by atoms with E-state index in [1.807, 2.05) is 13.8 Å². The third kappa shape index (κ3) is 3.65. The second kappa shape index (κ2) is 6.89. The van der Waals surface area contributed by atoms with E-state index < -0.39 is 0 Å². The average Bonchev–Trinajstić information content (AvgIpc) is 2.42. The number of carbonyl (C=O) groups excluding carboxylic acids is 1. The maximum atomic E-state index is 11.0. The zero-order valence-corrected chi connectivity index (χ0v) is 11.5. The second-order valence-corrected chi connectivity index (χ2v) is 4.15. The Balaban J connectivity index is 0.000000771. The van der Waals surface area contributed by atoms with Gasteiger partial charge in [0.15, 0.2) is 0 Å². The van der Waals surface area contributed by atoms with E-state index in [0.717, 1.165) is 13.1 Å². The van der Waals surface area contributed by atoms with Crippen molar-refractivity contribution in [3.8, 4) is 0 Å². The van der Waals surface area contributed by atoms with Crippen molar-refractivity contribution in [2.45, 2.75) is 20.8 Å². The highest BCUT2D eigenvalue weighted by Crippen LogP contribution is 2.16. The molecule has 0 saturated carbocycles. The van der Waals surface area contributed by atoms with Crippen molar-refractivity contribution in [1.82, 2.24) is 4.90 Å². The van der Waals surface area contributed by atoms with Crippen molar-refractivity contribution >= 4 is 11.7 Å². The summed E-state index contributed by atoms with van der Waals surface area (Å²) < 4.78 is 0. The molecule has 2 rings (SSSR count). The van der Waals surface area contributed by atoms with E-state index in [1.54, 1.807) is 4.90 Å². The van der Waals surface area contributed by atoms with Crippen LogP contribution in [0.15, 0.2) is 24.3 Å². The Morgan fingerprint density at radius 3 is 2.00 bits per heavy atom. The van der Waals surface area contributed by atoms with Crippen LogP contribution < -0.4 is 10.6 Å². The van der Waals surface area contributed by atoms with Gasteiger partial charge in [-0.25, -0.2) is 4.79 Å². The lowest BCUT2D eigenvalue weighted by Crippen LogP contribution is -2.50. The van der Waals surface area contributed by atoms with E-state index in [2.05, 4.69) is 36.1 Å². The maximum Gasteiger partial charge on any atom is 0.314 e. The lowest BCUT2D eigenvalue weighted by Gasteiger charge is -2.35. The summed E-state index contributed by atoms with van der Waals surface area (Å²) in [6.45, 7) is 9.21. The highest BCUT2D eigenvalue weighted by atomic mass is 16.2. The first-order valence-electron chi connectivity index (χ1n) is 6.53. The molecule has 1 heterocycles. The highest BCUT2D eigenvalue weighted by Gasteiger charge is 2.18. The number of benzene rings is 1. The molecule has 0 aromatic heterocycles. The Morgan fingerprint density at radius 2 is 1.56 bits per heavy atom. The van der Waals surface area contributed by atoms with Crippen LogP contribution in [-0.4, -0.2) is 37.1 Å². The van der Waals surface area contributed by atoms with E-state index in [1.165, 1.54) is 11.3 Å². The predicted octanol–water partition coefficient (Wildman–Crippen LogP) is 2.22. The van der Waals surface area contributed by atoms with Crippen LogP contribution in [0.4, 0.5) is 10.5 Å². The maximum absolute atomic E-state index is 11.0. The van der Waals surface area contributed by atoms with Crippen LogP contribution in [-0.2, 0) is 0 Å². The van der Waals surface area contributed by atoms with Crippen molar-refractivity contribution in [1.29, 1.82) is 0 Å². The normalized spacial score (nSPS) is 14.8. The fourth-order valence-corrected chi connectivity index (χ4v) is 1.94. The van der Waals surface area contributed by atoms with Crippen LogP contribution in [0.3, 0.4) is 0 Å². The minimum atomic E-state index is -0.316. The van der Waals surface area contributed by atoms with Crippen molar-refractivity contribution in [2.75, 3.05) is 31.1 Å². The number of aryl methyl sites for hydroxylation is 1. The van der Waals surface area contributed by atoms with Gasteiger partial charge in [-0.3, -0.25) is 0 Å². The van der Waals surface area contributed by atoms with Crippen molar-refractivity contribution in [3.63, 3.8) is 0 Å². The first-order chi connectivity index (χ1) is 8.66. The fourth-order valence-electron chi connectivity index (χ4n) is 1.94. The van der Waals surface area contributed by atoms with Gasteiger partial charge in [0.25, 0.3) is 0 Å². The van der Waals surface area contributed by atoms with Crippen LogP contribution in [0.2, 0.25) is 0 Å². The van der Waals surface area contributed by atoms with Gasteiger partial charge in [-0.1, -0.05) is 31.5 Å². The molecule has 1 aliphatic rings. The zero-order valence-electron chi connectivity index (χ0n) is 11.5. The molecule has 0 radical (unpaired) electrons. The molecule has 0 spiro atoms. The number of nitrogens with two attached hydrogens (primary N) is 1. The smallest absolute Gasteiger partial charge is 0.314 e. The summed E-state index contributed by atoms with van der Waals surface area (Å²) >= 11 is 0. The van der Waals surface area contributed by atoms with Crippen molar-refractivity contribution in [3.05, 3.63) is 29.8 Å². The van der Waals surface area contributed by atoms with E-state index in [9.17, 15) is 4.79 Å². The van der Waals surface area contributed by atoms with E-state index in [4.69, 9.17) is 5.73 Å². The lowest BCUT2D eigenvalue weighted by atomic mass is 10.2. The Bertz CT molecular complexity index is 367. The Morgan fingerprint density at radius 1 is 1.06 bits per heavy atom. The van der Waals surface area contributed by atoms with Crippen LogP contribution in [0.5, 0.6) is 0 Å². The summed E-state index contributed by atoms with van der Waals surface area (Å²) in [6.07, 6.45) is 0. The summed E-state index contributed by atoms with van der Waals surface area (Å²) in [4.78, 5) is 14.9. The Hall–Kier alpha value is -1.71. The first-order valence-corrected chi connectivity index (χ1v) is 6.53. The van der Waals surface area contributed by atoms with Gasteiger partial charge in [-0.05, 0) is 19.1 Å². The molecular weight excluding hydrogens is 226 g/mol. The number of anilines is 1. The van der Waals surface area contributed by atoms with Gasteiger partial charge in [0.2, 0.25) is 0 Å². The molecule has 2 amide bonds. The summed E-state index contributed by atoms with van der Waals surface area (Å²) in [5.41, 5.74) is 7.72. The third-order valence-electron chi connectivity index (χ3n) is 2.99. The number of amides is 2. The van der Waals surface area contributed by atoms with Gasteiger partial charge in [0.1, 0.15) is 0 Å². The van der Waals surface area contributed by atoms with Gasteiger partial charge in [0.05, 0.1) is 0 Å². The molecule has 1 fully saturated rings. The minimum absolute atomic E-state index is 0.316. The lowest BCUT2D eigenvalue weighted by molar-refractivity contribution is 0.204. The van der Waals surface area contributed by atoms with E-state index in [0.29, 0.717) is 13.1 Å².